The van der Waals surface area contributed by atoms with Crippen molar-refractivity contribution in [1.82, 2.24) is 44.9 Å². The Balaban J connectivity index is 1.20. The summed E-state index contributed by atoms with van der Waals surface area (Å²) >= 11 is 0. The minimum absolute atomic E-state index is 0.497. The zero-order valence-corrected chi connectivity index (χ0v) is 33.2. The average molecular weight is 788 g/mol. The van der Waals surface area contributed by atoms with E-state index in [1.54, 1.807) is 18.5 Å². The number of aromatic nitrogens is 9. The molecule has 0 atom stereocenters. The van der Waals surface area contributed by atoms with E-state index in [9.17, 15) is 0 Å². The van der Waals surface area contributed by atoms with Gasteiger partial charge in [-0.1, -0.05) is 152 Å². The van der Waals surface area contributed by atoms with Crippen molar-refractivity contribution in [3.63, 3.8) is 0 Å². The van der Waals surface area contributed by atoms with Crippen LogP contribution in [0.2, 0.25) is 0 Å². The molecule has 0 bridgehead atoms. The number of allylic oxidation sites excluding steroid dienone is 5. The summed E-state index contributed by atoms with van der Waals surface area (Å²) in [5, 5.41) is 0. The predicted octanol–water partition coefficient (Wildman–Crippen LogP) is 11.7. The normalized spacial score (nSPS) is 11.5. The number of pyridine rings is 3. The summed E-state index contributed by atoms with van der Waals surface area (Å²) in [5.74, 6) is 3.29. The van der Waals surface area contributed by atoms with Gasteiger partial charge in [-0.2, -0.15) is 0 Å². The van der Waals surface area contributed by atoms with Gasteiger partial charge in [0.15, 0.2) is 34.9 Å². The Hall–Kier alpha value is -8.43. The molecule has 0 N–H and O–H groups in total. The SMILES string of the molecule is C=C/C=C(\C=C/C)c1nc(-c2ccccc2)nc(-c2ccnc(-c3cc(-c4ccccc4-c4nc(-c5ccccc5)nc(-c5ccccc5)n4)cc(-c4ccccn4)n3)c2)n1. The predicted molar refractivity (Wildman–Crippen MR) is 243 cm³/mol. The molecule has 61 heavy (non-hydrogen) atoms. The van der Waals surface area contributed by atoms with Gasteiger partial charge in [0, 0.05) is 45.8 Å². The van der Waals surface area contributed by atoms with Crippen LogP contribution in [0, 0.1) is 0 Å². The molecular weight excluding hydrogens is 751 g/mol. The summed E-state index contributed by atoms with van der Waals surface area (Å²) in [7, 11) is 0. The fraction of sp³-hybridized carbons (Fsp3) is 0.0192. The third-order valence-corrected chi connectivity index (χ3v) is 9.78. The van der Waals surface area contributed by atoms with Gasteiger partial charge in [-0.25, -0.2) is 34.9 Å². The Morgan fingerprint density at radius 1 is 0.410 bits per heavy atom. The van der Waals surface area contributed by atoms with Crippen molar-refractivity contribution in [1.29, 1.82) is 0 Å². The summed E-state index contributed by atoms with van der Waals surface area (Å²) < 4.78 is 0. The lowest BCUT2D eigenvalue weighted by Gasteiger charge is -2.14. The van der Waals surface area contributed by atoms with Gasteiger partial charge < -0.3 is 0 Å². The minimum Gasteiger partial charge on any atom is -0.255 e. The first kappa shape index (κ1) is 38.1. The van der Waals surface area contributed by atoms with Crippen LogP contribution in [-0.2, 0) is 0 Å². The van der Waals surface area contributed by atoms with Crippen molar-refractivity contribution in [2.75, 3.05) is 0 Å². The Labute approximate surface area is 353 Å². The lowest BCUT2D eigenvalue weighted by molar-refractivity contribution is 1.04. The number of hydrogen-bond acceptors (Lipinski definition) is 9. The van der Waals surface area contributed by atoms with E-state index in [4.69, 9.17) is 39.9 Å². The van der Waals surface area contributed by atoms with E-state index >= 15 is 0 Å². The van der Waals surface area contributed by atoms with Crippen LogP contribution in [0.1, 0.15) is 12.7 Å². The molecule has 0 radical (unpaired) electrons. The van der Waals surface area contributed by atoms with Crippen LogP contribution >= 0.6 is 0 Å². The average Bonchev–Trinajstić information content (AvgIpc) is 3.34. The molecule has 5 heterocycles. The van der Waals surface area contributed by atoms with Crippen LogP contribution in [0.15, 0.2) is 201 Å². The number of rotatable bonds is 11. The van der Waals surface area contributed by atoms with Crippen molar-refractivity contribution in [3.8, 4) is 90.8 Å². The van der Waals surface area contributed by atoms with E-state index < -0.39 is 0 Å². The first-order valence-corrected chi connectivity index (χ1v) is 19.8. The minimum atomic E-state index is 0.497. The summed E-state index contributed by atoms with van der Waals surface area (Å²) in [6, 6.07) is 51.7. The first-order chi connectivity index (χ1) is 30.1. The zero-order valence-electron chi connectivity index (χ0n) is 33.2. The fourth-order valence-electron chi connectivity index (χ4n) is 6.89. The smallest absolute Gasteiger partial charge is 0.164 e. The topological polar surface area (TPSA) is 116 Å². The van der Waals surface area contributed by atoms with E-state index in [1.807, 2.05) is 177 Å². The molecule has 9 aromatic rings. The quantitative estimate of drug-likeness (QED) is 0.118. The van der Waals surface area contributed by atoms with Gasteiger partial charge in [0.2, 0.25) is 0 Å². The van der Waals surface area contributed by atoms with Crippen LogP contribution in [0.5, 0.6) is 0 Å². The van der Waals surface area contributed by atoms with E-state index in [0.717, 1.165) is 50.2 Å². The number of hydrogen-bond donors (Lipinski definition) is 0. The Morgan fingerprint density at radius 2 is 0.902 bits per heavy atom. The fourth-order valence-corrected chi connectivity index (χ4v) is 6.89. The molecule has 5 aromatic heterocycles. The summed E-state index contributed by atoms with van der Waals surface area (Å²) in [6.07, 6.45) is 11.1. The molecule has 0 fully saturated rings. The third kappa shape index (κ3) is 8.43. The Kier molecular flexibility index (Phi) is 11.0. The molecule has 0 aliphatic heterocycles. The maximum absolute atomic E-state index is 5.16. The molecule has 0 aliphatic carbocycles. The summed E-state index contributed by atoms with van der Waals surface area (Å²) in [4.78, 5) is 44.6. The lowest BCUT2D eigenvalue weighted by atomic mass is 9.97. The monoisotopic (exact) mass is 787 g/mol. The molecule has 9 rings (SSSR count). The molecule has 0 saturated heterocycles. The van der Waals surface area contributed by atoms with Crippen molar-refractivity contribution < 1.29 is 0 Å². The van der Waals surface area contributed by atoms with Crippen molar-refractivity contribution in [3.05, 3.63) is 207 Å². The van der Waals surface area contributed by atoms with Gasteiger partial charge in [-0.15, -0.1) is 0 Å². The van der Waals surface area contributed by atoms with Crippen molar-refractivity contribution >= 4 is 5.57 Å². The molecule has 0 spiro atoms. The largest absolute Gasteiger partial charge is 0.255 e. The third-order valence-electron chi connectivity index (χ3n) is 9.78. The van der Waals surface area contributed by atoms with Crippen LogP contribution in [0.25, 0.3) is 96.4 Å². The lowest BCUT2D eigenvalue weighted by Crippen LogP contribution is -2.03. The molecule has 290 valence electrons. The van der Waals surface area contributed by atoms with Crippen LogP contribution < -0.4 is 0 Å². The van der Waals surface area contributed by atoms with Gasteiger partial charge >= 0.3 is 0 Å². The standard InChI is InChI=1S/C52H37N9/c1-3-18-35(19-4-2)47-56-48(36-20-8-5-9-21-36)59-51(58-47)39-29-31-54-44(32-39)46-34-40(33-45(55-46)43-28-16-17-30-53-43)41-26-14-15-27-42(41)52-60-49(37-22-10-6-11-23-37)57-50(61-52)38-24-12-7-13-25-38/h3-34H,1H2,2H3/b19-4-,35-18+. The zero-order chi connectivity index (χ0) is 41.4. The Morgan fingerprint density at radius 3 is 1.48 bits per heavy atom. The van der Waals surface area contributed by atoms with Crippen LogP contribution in [0.4, 0.5) is 0 Å². The van der Waals surface area contributed by atoms with Gasteiger partial charge in [-0.3, -0.25) is 9.97 Å². The van der Waals surface area contributed by atoms with Crippen molar-refractivity contribution in [2.45, 2.75) is 6.92 Å². The second-order valence-corrected chi connectivity index (χ2v) is 13.9. The van der Waals surface area contributed by atoms with E-state index in [1.165, 1.54) is 0 Å². The van der Waals surface area contributed by atoms with E-state index in [2.05, 4.69) is 17.6 Å². The molecule has 4 aromatic carbocycles. The highest BCUT2D eigenvalue weighted by atomic mass is 15.0. The van der Waals surface area contributed by atoms with Gasteiger partial charge in [-0.05, 0) is 54.4 Å². The molecule has 9 heteroatoms. The maximum atomic E-state index is 5.16. The van der Waals surface area contributed by atoms with Gasteiger partial charge in [0.1, 0.15) is 0 Å². The van der Waals surface area contributed by atoms with Crippen LogP contribution in [0.3, 0.4) is 0 Å². The highest BCUT2D eigenvalue weighted by Crippen LogP contribution is 2.36. The molecule has 0 amide bonds. The highest BCUT2D eigenvalue weighted by Gasteiger charge is 2.19. The second kappa shape index (κ2) is 17.6. The number of nitrogens with zero attached hydrogens (tertiary/aromatic N) is 9. The molecule has 0 saturated carbocycles. The first-order valence-electron chi connectivity index (χ1n) is 19.8. The second-order valence-electron chi connectivity index (χ2n) is 13.9. The van der Waals surface area contributed by atoms with Gasteiger partial charge in [0.05, 0.1) is 22.8 Å². The van der Waals surface area contributed by atoms with Crippen molar-refractivity contribution in [2.24, 2.45) is 0 Å². The molecule has 9 nitrogen and oxygen atoms in total. The maximum Gasteiger partial charge on any atom is 0.164 e. The summed E-state index contributed by atoms with van der Waals surface area (Å²) in [6.45, 7) is 5.87. The van der Waals surface area contributed by atoms with Crippen LogP contribution in [-0.4, -0.2) is 44.9 Å². The molecule has 0 aliphatic rings. The molecular formula is C52H37N9. The van der Waals surface area contributed by atoms with Gasteiger partial charge in [0.25, 0.3) is 0 Å². The van der Waals surface area contributed by atoms with E-state index in [0.29, 0.717) is 52.0 Å². The highest BCUT2D eigenvalue weighted by molar-refractivity contribution is 5.85. The molecule has 0 unspecified atom stereocenters. The summed E-state index contributed by atoms with van der Waals surface area (Å²) in [5.41, 5.74) is 9.52. The Bertz CT molecular complexity index is 2980. The number of benzene rings is 4. The van der Waals surface area contributed by atoms with E-state index in [-0.39, 0.29) is 0 Å².